The summed E-state index contributed by atoms with van der Waals surface area (Å²) in [6.07, 6.45) is 0. The van der Waals surface area contributed by atoms with Crippen LogP contribution >= 0.6 is 0 Å². The average Bonchev–Trinajstić information content (AvgIpc) is 2.26. The van der Waals surface area contributed by atoms with Gasteiger partial charge in [-0.2, -0.15) is 8.42 Å². The van der Waals surface area contributed by atoms with Gasteiger partial charge in [0.25, 0.3) is 0 Å². The Morgan fingerprint density at radius 1 is 1.24 bits per heavy atom. The second-order valence-corrected chi connectivity index (χ2v) is 7.78. The van der Waals surface area contributed by atoms with Gasteiger partial charge < -0.3 is 8.92 Å². The number of carbonyl (C=O) groups is 1. The molecule has 0 atom stereocenters. The molecule has 0 spiro atoms. The van der Waals surface area contributed by atoms with Gasteiger partial charge in [-0.15, -0.1) is 0 Å². The van der Waals surface area contributed by atoms with E-state index in [4.69, 9.17) is 8.92 Å². The molecule has 0 amide bonds. The number of ketones is 1. The van der Waals surface area contributed by atoms with Gasteiger partial charge in [0.2, 0.25) is 11.5 Å². The van der Waals surface area contributed by atoms with Gasteiger partial charge in [0, 0.05) is 0 Å². The van der Waals surface area contributed by atoms with Crippen LogP contribution in [0.25, 0.3) is 0 Å². The third kappa shape index (κ3) is 2.46. The highest BCUT2D eigenvalue weighted by atomic mass is 32.2. The summed E-state index contributed by atoms with van der Waals surface area (Å²) in [7, 11) is -3.86. The van der Waals surface area contributed by atoms with Gasteiger partial charge in [0.1, 0.15) is 5.76 Å². The van der Waals surface area contributed by atoms with Crippen LogP contribution < -0.4 is 0 Å². The number of Topliss-reactive ketones (excluding diaryl/α,β-unsaturated/α-hetero) is 1. The van der Waals surface area contributed by atoms with E-state index in [0.717, 1.165) is 0 Å². The number of rotatable bonds is 2. The first kappa shape index (κ1) is 14.0. The summed E-state index contributed by atoms with van der Waals surface area (Å²) < 4.78 is 32.8. The molecule has 1 heterocycles. The van der Waals surface area contributed by atoms with Crippen molar-refractivity contribution < 1.29 is 22.1 Å². The molecule has 0 unspecified atom stereocenters. The van der Waals surface area contributed by atoms with Crippen molar-refractivity contribution in [2.45, 2.75) is 51.9 Å². The van der Waals surface area contributed by atoms with Crippen LogP contribution in [-0.4, -0.2) is 24.5 Å². The van der Waals surface area contributed by atoms with Crippen LogP contribution in [0.3, 0.4) is 0 Å². The summed E-state index contributed by atoms with van der Waals surface area (Å²) in [5, 5.41) is 0. The third-order valence-corrected chi connectivity index (χ3v) is 4.31. The molecule has 0 aromatic carbocycles. The lowest BCUT2D eigenvalue weighted by molar-refractivity contribution is -0.128. The van der Waals surface area contributed by atoms with Crippen molar-refractivity contribution in [3.8, 4) is 0 Å². The maximum absolute atomic E-state index is 11.9. The minimum atomic E-state index is -3.86. The fourth-order valence-corrected chi connectivity index (χ4v) is 1.90. The van der Waals surface area contributed by atoms with Gasteiger partial charge in [-0.25, -0.2) is 0 Å². The lowest BCUT2D eigenvalue weighted by Gasteiger charge is -2.19. The Morgan fingerprint density at radius 2 is 1.71 bits per heavy atom. The Morgan fingerprint density at radius 3 is 2.00 bits per heavy atom. The van der Waals surface area contributed by atoms with E-state index in [2.05, 4.69) is 0 Å². The molecule has 0 aromatic heterocycles. The molecule has 0 N–H and O–H groups in total. The maximum atomic E-state index is 11.9. The Bertz CT molecular complexity index is 476. The fourth-order valence-electron chi connectivity index (χ4n) is 1.24. The van der Waals surface area contributed by atoms with Crippen LogP contribution in [0.15, 0.2) is 11.5 Å². The van der Waals surface area contributed by atoms with Crippen molar-refractivity contribution in [3.63, 3.8) is 0 Å². The summed E-state index contributed by atoms with van der Waals surface area (Å²) in [5.74, 6) is -0.472. The minimum Gasteiger partial charge on any atom is -0.480 e. The predicted molar refractivity (Wildman–Crippen MR) is 62.6 cm³/mol. The molecule has 17 heavy (non-hydrogen) atoms. The molecular weight excluding hydrogens is 244 g/mol. The molecule has 6 heteroatoms. The average molecular weight is 262 g/mol. The number of hydrogen-bond donors (Lipinski definition) is 0. The molecule has 1 aliphatic heterocycles. The highest BCUT2D eigenvalue weighted by Gasteiger charge is 2.45. The number of carbonyl (C=O) groups excluding carboxylic acids is 1. The molecule has 0 saturated heterocycles. The van der Waals surface area contributed by atoms with Gasteiger partial charge >= 0.3 is 10.1 Å². The summed E-state index contributed by atoms with van der Waals surface area (Å²) in [6.45, 7) is 9.16. The zero-order valence-electron chi connectivity index (χ0n) is 10.9. The quantitative estimate of drug-likeness (QED) is 0.709. The Hall–Kier alpha value is -1.04. The van der Waals surface area contributed by atoms with Crippen molar-refractivity contribution in [2.24, 2.45) is 0 Å². The molecule has 0 bridgehead atoms. The highest BCUT2D eigenvalue weighted by Crippen LogP contribution is 2.33. The maximum Gasteiger partial charge on any atom is 0.314 e. The van der Waals surface area contributed by atoms with Gasteiger partial charge in [0.05, 0.1) is 4.75 Å². The molecule has 0 aliphatic carbocycles. The predicted octanol–water partition coefficient (Wildman–Crippen LogP) is 1.74. The first-order chi connectivity index (χ1) is 7.38. The summed E-state index contributed by atoms with van der Waals surface area (Å²) in [6, 6.07) is 0. The van der Waals surface area contributed by atoms with E-state index in [9.17, 15) is 13.2 Å². The van der Waals surface area contributed by atoms with E-state index in [1.807, 2.05) is 0 Å². The number of allylic oxidation sites excluding steroid dienone is 1. The van der Waals surface area contributed by atoms with E-state index < -0.39 is 26.2 Å². The van der Waals surface area contributed by atoms with Gasteiger partial charge in [0.15, 0.2) is 5.60 Å². The van der Waals surface area contributed by atoms with Crippen molar-refractivity contribution in [1.29, 1.82) is 0 Å². The molecule has 0 aromatic rings. The molecule has 0 radical (unpaired) electrons. The summed E-state index contributed by atoms with van der Waals surface area (Å²) in [5.41, 5.74) is -1.06. The topological polar surface area (TPSA) is 69.7 Å². The largest absolute Gasteiger partial charge is 0.480 e. The Balaban J connectivity index is 3.08. The minimum absolute atomic E-state index is 0.202. The van der Waals surface area contributed by atoms with Gasteiger partial charge in [-0.1, -0.05) is 0 Å². The second kappa shape index (κ2) is 3.73. The van der Waals surface area contributed by atoms with Crippen LogP contribution in [0.4, 0.5) is 0 Å². The van der Waals surface area contributed by atoms with Crippen molar-refractivity contribution in [1.82, 2.24) is 0 Å². The van der Waals surface area contributed by atoms with Crippen LogP contribution in [0, 0.1) is 0 Å². The van der Waals surface area contributed by atoms with E-state index in [1.54, 1.807) is 13.8 Å². The molecule has 98 valence electrons. The molecular formula is C11H18O5S. The first-order valence-corrected chi connectivity index (χ1v) is 6.68. The summed E-state index contributed by atoms with van der Waals surface area (Å²) in [4.78, 5) is 11.9. The smallest absolute Gasteiger partial charge is 0.314 e. The van der Waals surface area contributed by atoms with Gasteiger partial charge in [-0.05, 0) is 41.5 Å². The van der Waals surface area contributed by atoms with Gasteiger partial charge in [-0.3, -0.25) is 4.79 Å². The van der Waals surface area contributed by atoms with E-state index in [-0.39, 0.29) is 11.5 Å². The Labute approximate surface area is 102 Å². The Kier molecular flexibility index (Phi) is 3.08. The highest BCUT2D eigenvalue weighted by molar-refractivity contribution is 7.88. The normalized spacial score (nSPS) is 20.5. The third-order valence-electron chi connectivity index (χ3n) is 2.42. The molecule has 0 fully saturated rings. The zero-order valence-corrected chi connectivity index (χ0v) is 11.8. The van der Waals surface area contributed by atoms with E-state index in [0.29, 0.717) is 0 Å². The molecule has 5 nitrogen and oxygen atoms in total. The number of hydrogen-bond acceptors (Lipinski definition) is 5. The zero-order chi connectivity index (χ0) is 13.6. The second-order valence-electron chi connectivity index (χ2n) is 5.48. The first-order valence-electron chi connectivity index (χ1n) is 5.27. The lowest BCUT2D eigenvalue weighted by atomic mass is 10.0. The molecule has 1 aliphatic rings. The summed E-state index contributed by atoms with van der Waals surface area (Å²) >= 11 is 0. The van der Waals surface area contributed by atoms with Crippen molar-refractivity contribution in [3.05, 3.63) is 11.5 Å². The van der Waals surface area contributed by atoms with Crippen LogP contribution in [-0.2, 0) is 23.8 Å². The number of ether oxygens (including phenoxy) is 1. The van der Waals surface area contributed by atoms with Crippen molar-refractivity contribution >= 4 is 15.9 Å². The lowest BCUT2D eigenvalue weighted by Crippen LogP contribution is -2.34. The standard InChI is InChI=1S/C11H18O5S/c1-7-8(9(12)11(5,6)15-7)16-17(13,14)10(2,3)4/h1-6H3. The SMILES string of the molecule is CC1=C(OS(=O)(=O)C(C)(C)C)C(=O)C(C)(C)O1. The van der Waals surface area contributed by atoms with Crippen LogP contribution in [0.5, 0.6) is 0 Å². The van der Waals surface area contributed by atoms with E-state index in [1.165, 1.54) is 27.7 Å². The van der Waals surface area contributed by atoms with Crippen LogP contribution in [0.2, 0.25) is 0 Å². The molecule has 1 rings (SSSR count). The molecule has 0 saturated carbocycles. The van der Waals surface area contributed by atoms with E-state index >= 15 is 0 Å². The van der Waals surface area contributed by atoms with Crippen LogP contribution in [0.1, 0.15) is 41.5 Å². The van der Waals surface area contributed by atoms with Crippen molar-refractivity contribution in [2.75, 3.05) is 0 Å². The monoisotopic (exact) mass is 262 g/mol. The fraction of sp³-hybridized carbons (Fsp3) is 0.727.